The first-order valence-electron chi connectivity index (χ1n) is 7.75. The molecule has 1 aromatic carbocycles. The van der Waals surface area contributed by atoms with Gasteiger partial charge >= 0.3 is 0 Å². The van der Waals surface area contributed by atoms with Crippen molar-refractivity contribution >= 4 is 34.2 Å². The average molecular weight is 344 g/mol. The molecule has 2 aromatic heterocycles. The van der Waals surface area contributed by atoms with Crippen molar-refractivity contribution in [3.8, 4) is 0 Å². The first-order valence-corrected chi connectivity index (χ1v) is 8.63. The summed E-state index contributed by atoms with van der Waals surface area (Å²) in [5.74, 6) is 0.613. The Morgan fingerprint density at radius 2 is 2.17 bits per heavy atom. The number of aliphatic hydroxyl groups is 1. The van der Waals surface area contributed by atoms with Crippen LogP contribution < -0.4 is 5.32 Å². The van der Waals surface area contributed by atoms with E-state index >= 15 is 0 Å². The molecule has 2 N–H and O–H groups in total. The standard InChI is InChI=1S/C17H20N4O2S/c1-20(11-13-5-4-10-24-13)16(23)12-21-15-7-3-2-6-14(15)19-17(21)18-8-9-22/h2-7,10,22H,8-9,11-12H2,1H3,(H,18,19). The molecule has 7 heteroatoms. The molecule has 3 rings (SSSR count). The first-order chi connectivity index (χ1) is 11.7. The Hall–Kier alpha value is -2.38. The van der Waals surface area contributed by atoms with Gasteiger partial charge in [-0.3, -0.25) is 4.79 Å². The van der Waals surface area contributed by atoms with Gasteiger partial charge in [0.05, 0.1) is 24.2 Å². The molecule has 0 radical (unpaired) electrons. The lowest BCUT2D eigenvalue weighted by Crippen LogP contribution is -2.30. The highest BCUT2D eigenvalue weighted by Crippen LogP contribution is 2.20. The number of amides is 1. The number of aromatic nitrogens is 2. The SMILES string of the molecule is CN(Cc1cccs1)C(=O)Cn1c(NCCO)nc2ccccc21. The van der Waals surface area contributed by atoms with Gasteiger partial charge in [-0.15, -0.1) is 11.3 Å². The topological polar surface area (TPSA) is 70.4 Å². The van der Waals surface area contributed by atoms with Crippen LogP contribution >= 0.6 is 11.3 Å². The maximum absolute atomic E-state index is 12.6. The third kappa shape index (κ3) is 3.58. The third-order valence-corrected chi connectivity index (χ3v) is 4.60. The van der Waals surface area contributed by atoms with Crippen molar-refractivity contribution < 1.29 is 9.90 Å². The molecule has 0 fully saturated rings. The van der Waals surface area contributed by atoms with Gasteiger partial charge in [-0.05, 0) is 23.6 Å². The molecule has 3 aromatic rings. The number of rotatable bonds is 7. The molecule has 0 unspecified atom stereocenters. The zero-order valence-electron chi connectivity index (χ0n) is 13.5. The highest BCUT2D eigenvalue weighted by molar-refractivity contribution is 7.09. The zero-order valence-corrected chi connectivity index (χ0v) is 14.3. The van der Waals surface area contributed by atoms with Gasteiger partial charge in [0, 0.05) is 18.5 Å². The fourth-order valence-corrected chi connectivity index (χ4v) is 3.28. The van der Waals surface area contributed by atoms with Gasteiger partial charge in [0.2, 0.25) is 11.9 Å². The summed E-state index contributed by atoms with van der Waals surface area (Å²) in [6.45, 7) is 1.21. The first kappa shape index (κ1) is 16.5. The van der Waals surface area contributed by atoms with Crippen LogP contribution in [0.1, 0.15) is 4.88 Å². The van der Waals surface area contributed by atoms with Crippen molar-refractivity contribution in [2.45, 2.75) is 13.1 Å². The molecule has 0 aliphatic rings. The minimum Gasteiger partial charge on any atom is -0.395 e. The molecule has 0 aliphatic carbocycles. The van der Waals surface area contributed by atoms with Crippen molar-refractivity contribution in [2.24, 2.45) is 0 Å². The van der Waals surface area contributed by atoms with Gasteiger partial charge < -0.3 is 19.9 Å². The summed E-state index contributed by atoms with van der Waals surface area (Å²) in [6, 6.07) is 11.7. The van der Waals surface area contributed by atoms with Gasteiger partial charge in [0.15, 0.2) is 0 Å². The predicted molar refractivity (Wildman–Crippen MR) is 96.1 cm³/mol. The number of likely N-dealkylation sites (N-methyl/N-ethyl adjacent to an activating group) is 1. The van der Waals surface area contributed by atoms with Crippen LogP contribution in [0.5, 0.6) is 0 Å². The lowest BCUT2D eigenvalue weighted by Gasteiger charge is -2.18. The minimum atomic E-state index is 0.00936. The summed E-state index contributed by atoms with van der Waals surface area (Å²) in [6.07, 6.45) is 0. The molecule has 2 heterocycles. The number of fused-ring (bicyclic) bond motifs is 1. The van der Waals surface area contributed by atoms with Crippen LogP contribution in [0.2, 0.25) is 0 Å². The van der Waals surface area contributed by atoms with E-state index in [0.717, 1.165) is 15.9 Å². The van der Waals surface area contributed by atoms with Gasteiger partial charge in [0.1, 0.15) is 6.54 Å². The molecular weight excluding hydrogens is 324 g/mol. The van der Waals surface area contributed by atoms with Crippen LogP contribution in [0.4, 0.5) is 5.95 Å². The van der Waals surface area contributed by atoms with Crippen LogP contribution in [0.25, 0.3) is 11.0 Å². The van der Waals surface area contributed by atoms with E-state index in [2.05, 4.69) is 10.3 Å². The number of imidazole rings is 1. The lowest BCUT2D eigenvalue weighted by molar-refractivity contribution is -0.130. The number of benzene rings is 1. The maximum atomic E-state index is 12.6. The fourth-order valence-electron chi connectivity index (χ4n) is 2.52. The third-order valence-electron chi connectivity index (χ3n) is 3.74. The number of carbonyl (C=O) groups excluding carboxylic acids is 1. The largest absolute Gasteiger partial charge is 0.395 e. The van der Waals surface area contributed by atoms with Crippen LogP contribution in [-0.4, -0.2) is 45.7 Å². The Kier molecular flexibility index (Phi) is 5.12. The van der Waals surface area contributed by atoms with E-state index in [1.165, 1.54) is 0 Å². The number of hydrogen-bond acceptors (Lipinski definition) is 5. The number of para-hydroxylation sites is 2. The van der Waals surface area contributed by atoms with Crippen LogP contribution in [-0.2, 0) is 17.9 Å². The number of hydrogen-bond donors (Lipinski definition) is 2. The molecule has 0 atom stereocenters. The quantitative estimate of drug-likeness (QED) is 0.689. The number of aliphatic hydroxyl groups excluding tert-OH is 1. The number of thiophene rings is 1. The Balaban J connectivity index is 1.80. The molecule has 0 saturated heterocycles. The van der Waals surface area contributed by atoms with Gasteiger partial charge in [-0.2, -0.15) is 0 Å². The Bertz CT molecular complexity index is 813. The second-order valence-electron chi connectivity index (χ2n) is 5.49. The summed E-state index contributed by atoms with van der Waals surface area (Å²) < 4.78 is 1.86. The summed E-state index contributed by atoms with van der Waals surface area (Å²) in [7, 11) is 1.81. The zero-order chi connectivity index (χ0) is 16.9. The van der Waals surface area contributed by atoms with Crippen molar-refractivity contribution in [1.82, 2.24) is 14.5 Å². The molecule has 6 nitrogen and oxygen atoms in total. The summed E-state index contributed by atoms with van der Waals surface area (Å²) in [5, 5.41) is 14.1. The van der Waals surface area contributed by atoms with Crippen LogP contribution in [0.3, 0.4) is 0 Å². The average Bonchev–Trinajstić information content (AvgIpc) is 3.21. The van der Waals surface area contributed by atoms with Gasteiger partial charge in [-0.25, -0.2) is 4.98 Å². The van der Waals surface area contributed by atoms with E-state index in [1.807, 2.05) is 53.4 Å². The molecule has 126 valence electrons. The Morgan fingerprint density at radius 1 is 1.33 bits per heavy atom. The smallest absolute Gasteiger partial charge is 0.242 e. The Labute approximate surface area is 144 Å². The minimum absolute atomic E-state index is 0.00936. The molecule has 0 saturated carbocycles. The van der Waals surface area contributed by atoms with E-state index in [0.29, 0.717) is 19.0 Å². The van der Waals surface area contributed by atoms with E-state index in [9.17, 15) is 4.79 Å². The van der Waals surface area contributed by atoms with Crippen LogP contribution in [0, 0.1) is 0 Å². The molecule has 0 bridgehead atoms. The van der Waals surface area contributed by atoms with Crippen molar-refractivity contribution in [1.29, 1.82) is 0 Å². The highest BCUT2D eigenvalue weighted by Gasteiger charge is 2.16. The molecule has 0 spiro atoms. The second-order valence-corrected chi connectivity index (χ2v) is 6.52. The normalized spacial score (nSPS) is 10.9. The number of nitrogens with zero attached hydrogens (tertiary/aromatic N) is 3. The van der Waals surface area contributed by atoms with E-state index in [4.69, 9.17) is 5.11 Å². The summed E-state index contributed by atoms with van der Waals surface area (Å²) in [5.41, 5.74) is 1.72. The maximum Gasteiger partial charge on any atom is 0.242 e. The van der Waals surface area contributed by atoms with Gasteiger partial charge in [0.25, 0.3) is 0 Å². The lowest BCUT2D eigenvalue weighted by atomic mass is 10.3. The molecule has 1 amide bonds. The van der Waals surface area contributed by atoms with E-state index in [1.54, 1.807) is 16.2 Å². The molecule has 24 heavy (non-hydrogen) atoms. The van der Waals surface area contributed by atoms with Gasteiger partial charge in [-0.1, -0.05) is 18.2 Å². The molecular formula is C17H20N4O2S. The van der Waals surface area contributed by atoms with Crippen molar-refractivity contribution in [3.05, 3.63) is 46.7 Å². The second kappa shape index (κ2) is 7.46. The summed E-state index contributed by atoms with van der Waals surface area (Å²) in [4.78, 5) is 20.0. The number of anilines is 1. The van der Waals surface area contributed by atoms with E-state index in [-0.39, 0.29) is 19.1 Å². The van der Waals surface area contributed by atoms with Crippen molar-refractivity contribution in [2.75, 3.05) is 25.5 Å². The monoisotopic (exact) mass is 344 g/mol. The van der Waals surface area contributed by atoms with Crippen molar-refractivity contribution in [3.63, 3.8) is 0 Å². The molecule has 0 aliphatic heterocycles. The summed E-state index contributed by atoms with van der Waals surface area (Å²) >= 11 is 1.64. The van der Waals surface area contributed by atoms with E-state index < -0.39 is 0 Å². The fraction of sp³-hybridized carbons (Fsp3) is 0.294. The van der Waals surface area contributed by atoms with Crippen LogP contribution in [0.15, 0.2) is 41.8 Å². The number of carbonyl (C=O) groups is 1. The predicted octanol–water partition coefficient (Wildman–Crippen LogP) is 2.16. The number of nitrogens with one attached hydrogen (secondary N) is 1. The Morgan fingerprint density at radius 3 is 2.92 bits per heavy atom. The highest BCUT2D eigenvalue weighted by atomic mass is 32.1.